The second-order valence-electron chi connectivity index (χ2n) is 9.71. The molecule has 2 aliphatic heterocycles. The van der Waals surface area contributed by atoms with E-state index in [1.165, 1.54) is 12.1 Å². The average molecular weight is 551 g/mol. The van der Waals surface area contributed by atoms with Crippen molar-refractivity contribution < 1.29 is 18.0 Å². The Morgan fingerprint density at radius 2 is 1.82 bits per heavy atom. The van der Waals surface area contributed by atoms with Gasteiger partial charge in [0.2, 0.25) is 5.95 Å². The first-order valence-electron chi connectivity index (χ1n) is 13.0. The molecule has 12 heteroatoms. The number of carbonyl (C=O) groups is 1. The maximum absolute atomic E-state index is 14.9. The zero-order valence-corrected chi connectivity index (χ0v) is 21.6. The van der Waals surface area contributed by atoms with Crippen LogP contribution in [0.15, 0.2) is 53.5 Å². The van der Waals surface area contributed by atoms with Crippen molar-refractivity contribution in [1.82, 2.24) is 9.97 Å². The minimum Gasteiger partial charge on any atom is -0.368 e. The first-order chi connectivity index (χ1) is 19.3. The number of nitrogens with two attached hydrogens (primary N) is 2. The highest BCUT2D eigenvalue weighted by Crippen LogP contribution is 2.33. The molecule has 1 amide bonds. The molecule has 3 heterocycles. The van der Waals surface area contributed by atoms with Crippen LogP contribution in [0.1, 0.15) is 30.5 Å². The normalized spacial score (nSPS) is 15.6. The number of piperidine rings is 1. The number of carbonyl (C=O) groups excluding carboxylic acids is 1. The minimum absolute atomic E-state index is 0.0258. The lowest BCUT2D eigenvalue weighted by atomic mass is 9.96. The largest absolute Gasteiger partial charge is 0.368 e. The Hall–Kier alpha value is -4.45. The molecule has 0 atom stereocenters. The summed E-state index contributed by atoms with van der Waals surface area (Å²) in [6.45, 7) is 2.08. The molecule has 0 aliphatic carbocycles. The Morgan fingerprint density at radius 1 is 1.02 bits per heavy atom. The van der Waals surface area contributed by atoms with E-state index in [0.29, 0.717) is 59.7 Å². The topological polar surface area (TPSA) is 135 Å². The van der Waals surface area contributed by atoms with Gasteiger partial charge in [0.25, 0.3) is 5.91 Å². The molecule has 1 saturated heterocycles. The molecule has 1 aromatic heterocycles. The Balaban J connectivity index is 1.28. The molecule has 0 spiro atoms. The minimum atomic E-state index is -0.944. The summed E-state index contributed by atoms with van der Waals surface area (Å²) in [5, 5.41) is 5.83. The van der Waals surface area contributed by atoms with Crippen LogP contribution in [0.3, 0.4) is 0 Å². The number of hydrogen-bond donors (Lipinski definition) is 4. The summed E-state index contributed by atoms with van der Waals surface area (Å²) in [7, 11) is 0. The Morgan fingerprint density at radius 3 is 2.58 bits per heavy atom. The maximum Gasteiger partial charge on any atom is 0.270 e. The first kappa shape index (κ1) is 27.1. The standard InChI is InChI=1S/C28H29F3N8O/c29-18-5-4-17(12-20(18)31)15-34-25-13-24(37-28(33)38-25)21-6-7-23(35-21)27(40)36-22-3-1-2-19(30)26(22)39-10-8-16(14-32)9-11-39/h1-6,12-13,16H,7-11,14-15,32H2,(H,36,40)(H3,33,34,37,38). The van der Waals surface area contributed by atoms with E-state index in [2.05, 4.69) is 25.6 Å². The Bertz CT molecular complexity index is 1480. The number of aliphatic imine (C=N–C) groups is 1. The number of nitrogens with one attached hydrogen (secondary N) is 2. The molecule has 40 heavy (non-hydrogen) atoms. The molecule has 1 fully saturated rings. The van der Waals surface area contributed by atoms with Gasteiger partial charge in [-0.3, -0.25) is 4.79 Å². The molecule has 0 bridgehead atoms. The van der Waals surface area contributed by atoms with Gasteiger partial charge in [-0.15, -0.1) is 0 Å². The summed E-state index contributed by atoms with van der Waals surface area (Å²) in [6.07, 6.45) is 3.70. The molecule has 5 rings (SSSR count). The van der Waals surface area contributed by atoms with Crippen molar-refractivity contribution in [2.45, 2.75) is 25.8 Å². The first-order valence-corrected chi connectivity index (χ1v) is 13.0. The molecule has 9 nitrogen and oxygen atoms in total. The fourth-order valence-corrected chi connectivity index (χ4v) is 4.79. The number of anilines is 4. The third kappa shape index (κ3) is 6.07. The van der Waals surface area contributed by atoms with Gasteiger partial charge in [0.1, 0.15) is 17.3 Å². The molecular weight excluding hydrogens is 521 g/mol. The highest BCUT2D eigenvalue weighted by Gasteiger charge is 2.25. The Labute approximate surface area is 229 Å². The zero-order chi connectivity index (χ0) is 28.2. The lowest BCUT2D eigenvalue weighted by Crippen LogP contribution is -2.37. The molecule has 6 N–H and O–H groups in total. The van der Waals surface area contributed by atoms with E-state index in [0.717, 1.165) is 25.0 Å². The number of aromatic nitrogens is 2. The van der Waals surface area contributed by atoms with Gasteiger partial charge in [-0.1, -0.05) is 18.2 Å². The van der Waals surface area contributed by atoms with Crippen molar-refractivity contribution >= 4 is 40.5 Å². The molecule has 2 aliphatic rings. The van der Waals surface area contributed by atoms with Gasteiger partial charge >= 0.3 is 0 Å². The van der Waals surface area contributed by atoms with Crippen molar-refractivity contribution in [3.05, 3.63) is 77.2 Å². The van der Waals surface area contributed by atoms with Gasteiger partial charge in [-0.05, 0) is 55.1 Å². The zero-order valence-electron chi connectivity index (χ0n) is 21.6. The lowest BCUT2D eigenvalue weighted by molar-refractivity contribution is -0.110. The number of para-hydroxylation sites is 1. The second-order valence-corrected chi connectivity index (χ2v) is 9.71. The molecule has 0 unspecified atom stereocenters. The summed E-state index contributed by atoms with van der Waals surface area (Å²) in [5.74, 6) is -1.99. The highest BCUT2D eigenvalue weighted by molar-refractivity contribution is 6.45. The van der Waals surface area contributed by atoms with Crippen LogP contribution in [0.4, 0.5) is 36.3 Å². The number of allylic oxidation sites excluding steroid dienone is 1. The predicted octanol–water partition coefficient (Wildman–Crippen LogP) is 4.09. The van der Waals surface area contributed by atoms with E-state index >= 15 is 0 Å². The number of hydrogen-bond acceptors (Lipinski definition) is 8. The summed E-state index contributed by atoms with van der Waals surface area (Å²) in [4.78, 5) is 27.9. The monoisotopic (exact) mass is 550 g/mol. The number of nitrogens with zero attached hydrogens (tertiary/aromatic N) is 4. The van der Waals surface area contributed by atoms with Crippen molar-refractivity contribution in [3.8, 4) is 0 Å². The maximum atomic E-state index is 14.9. The van der Waals surface area contributed by atoms with Crippen molar-refractivity contribution in [2.75, 3.05) is 40.9 Å². The van der Waals surface area contributed by atoms with E-state index in [-0.39, 0.29) is 24.6 Å². The van der Waals surface area contributed by atoms with Crippen LogP contribution in [0.2, 0.25) is 0 Å². The number of amides is 1. The average Bonchev–Trinajstić information content (AvgIpc) is 3.45. The van der Waals surface area contributed by atoms with E-state index in [1.54, 1.807) is 24.3 Å². The van der Waals surface area contributed by atoms with E-state index in [1.807, 2.05) is 4.90 Å². The van der Waals surface area contributed by atoms with Crippen LogP contribution in [0, 0.1) is 23.4 Å². The van der Waals surface area contributed by atoms with Crippen molar-refractivity contribution in [3.63, 3.8) is 0 Å². The molecule has 208 valence electrons. The third-order valence-corrected chi connectivity index (χ3v) is 6.97. The molecule has 3 aromatic rings. The third-order valence-electron chi connectivity index (χ3n) is 6.97. The smallest absolute Gasteiger partial charge is 0.270 e. The summed E-state index contributed by atoms with van der Waals surface area (Å²) >= 11 is 0. The van der Waals surface area contributed by atoms with Crippen LogP contribution in [-0.4, -0.2) is 41.2 Å². The van der Waals surface area contributed by atoms with Gasteiger partial charge in [0.15, 0.2) is 11.6 Å². The van der Waals surface area contributed by atoms with Crippen LogP contribution >= 0.6 is 0 Å². The fraction of sp³-hybridized carbons (Fsp3) is 0.286. The van der Waals surface area contributed by atoms with Crippen molar-refractivity contribution in [2.24, 2.45) is 16.6 Å². The quantitative estimate of drug-likeness (QED) is 0.332. The lowest BCUT2D eigenvalue weighted by Gasteiger charge is -2.34. The SMILES string of the molecule is NCC1CCN(c2c(F)cccc2NC(=O)C2=NC(c3cc(NCc4ccc(F)c(F)c4)nc(N)n3)=CC2)CC1. The number of benzene rings is 2. The second kappa shape index (κ2) is 11.7. The van der Waals surface area contributed by atoms with E-state index < -0.39 is 23.4 Å². The van der Waals surface area contributed by atoms with Crippen molar-refractivity contribution in [1.29, 1.82) is 0 Å². The predicted molar refractivity (Wildman–Crippen MR) is 149 cm³/mol. The molecule has 2 aromatic carbocycles. The van der Waals surface area contributed by atoms with Crippen LogP contribution < -0.4 is 27.0 Å². The molecule has 0 saturated carbocycles. The van der Waals surface area contributed by atoms with Gasteiger partial charge in [0, 0.05) is 32.1 Å². The summed E-state index contributed by atoms with van der Waals surface area (Å²) < 4.78 is 41.6. The Kier molecular flexibility index (Phi) is 7.96. The van der Waals surface area contributed by atoms with Crippen LogP contribution in [0.25, 0.3) is 5.70 Å². The van der Waals surface area contributed by atoms with E-state index in [4.69, 9.17) is 11.5 Å². The fourth-order valence-electron chi connectivity index (χ4n) is 4.79. The van der Waals surface area contributed by atoms with Crippen LogP contribution in [-0.2, 0) is 11.3 Å². The van der Waals surface area contributed by atoms with Gasteiger partial charge in [-0.2, -0.15) is 4.98 Å². The van der Waals surface area contributed by atoms with Gasteiger partial charge in [0.05, 0.1) is 22.8 Å². The summed E-state index contributed by atoms with van der Waals surface area (Å²) in [6, 6.07) is 9.80. The molecule has 0 radical (unpaired) electrons. The van der Waals surface area contributed by atoms with E-state index in [9.17, 15) is 18.0 Å². The number of rotatable bonds is 8. The van der Waals surface area contributed by atoms with Crippen LogP contribution in [0.5, 0.6) is 0 Å². The summed E-state index contributed by atoms with van der Waals surface area (Å²) in [5.41, 5.74) is 14.0. The van der Waals surface area contributed by atoms with Gasteiger partial charge < -0.3 is 27.0 Å². The molecular formula is C28H29F3N8O. The highest BCUT2D eigenvalue weighted by atomic mass is 19.2. The van der Waals surface area contributed by atoms with Gasteiger partial charge in [-0.25, -0.2) is 23.1 Å². The number of nitrogen functional groups attached to an aromatic ring is 1. The number of halogens is 3.